The summed E-state index contributed by atoms with van der Waals surface area (Å²) < 4.78 is 0. The third-order valence-electron chi connectivity index (χ3n) is 8.16. The monoisotopic (exact) mass is 596 g/mol. The minimum Gasteiger partial charge on any atom is -0.274 e. The standard InChI is InChI=1S/C33H24N8O4/c42-30-18-28(32(44)38(30)22-7-3-1-4-8-22)40-34-24-13-11-20(16-26(24)36-40)15-21-12-14-25-27(17-21)37-41(35-25)29-19-31(43)39(33(29)45)23-9-5-2-6-10-23/h1-14,16-17,28-29H,15,18-19H2. The molecule has 12 heteroatoms. The molecule has 0 aliphatic carbocycles. The number of imide groups is 2. The fraction of sp³-hybridized carbons (Fsp3) is 0.152. The zero-order valence-electron chi connectivity index (χ0n) is 23.7. The number of benzene rings is 4. The average Bonchev–Trinajstić information content (AvgIpc) is 3.80. The first-order valence-electron chi connectivity index (χ1n) is 14.5. The minimum absolute atomic E-state index is 0.00677. The summed E-state index contributed by atoms with van der Waals surface area (Å²) in [5, 5.41) is 18.1. The predicted molar refractivity (Wildman–Crippen MR) is 163 cm³/mol. The zero-order valence-corrected chi connectivity index (χ0v) is 23.7. The summed E-state index contributed by atoms with van der Waals surface area (Å²) in [6.45, 7) is 0. The topological polar surface area (TPSA) is 136 Å². The molecule has 2 atom stereocenters. The van der Waals surface area contributed by atoms with E-state index in [9.17, 15) is 19.2 Å². The molecule has 2 aliphatic rings. The lowest BCUT2D eigenvalue weighted by molar-refractivity contribution is -0.123. The number of nitrogens with zero attached hydrogens (tertiary/aromatic N) is 8. The first-order chi connectivity index (χ1) is 21.9. The Labute approximate surface area is 255 Å². The number of rotatable bonds is 6. The van der Waals surface area contributed by atoms with Crippen LogP contribution in [0.2, 0.25) is 0 Å². The second-order valence-corrected chi connectivity index (χ2v) is 11.1. The zero-order chi connectivity index (χ0) is 30.7. The van der Waals surface area contributed by atoms with Crippen molar-refractivity contribution in [3.8, 4) is 0 Å². The van der Waals surface area contributed by atoms with E-state index in [1.165, 1.54) is 19.4 Å². The molecule has 0 radical (unpaired) electrons. The number of fused-ring (bicyclic) bond motifs is 2. The van der Waals surface area contributed by atoms with Crippen molar-refractivity contribution in [1.29, 1.82) is 0 Å². The molecule has 45 heavy (non-hydrogen) atoms. The number of aromatic nitrogens is 6. The van der Waals surface area contributed by atoms with Crippen molar-refractivity contribution in [2.75, 3.05) is 9.80 Å². The second kappa shape index (κ2) is 10.3. The number of anilines is 2. The first kappa shape index (κ1) is 26.6. The van der Waals surface area contributed by atoms with E-state index in [1.54, 1.807) is 48.5 Å². The van der Waals surface area contributed by atoms with E-state index in [4.69, 9.17) is 0 Å². The molecule has 0 saturated carbocycles. The van der Waals surface area contributed by atoms with Crippen LogP contribution in [0.5, 0.6) is 0 Å². The van der Waals surface area contributed by atoms with Crippen molar-refractivity contribution in [3.05, 3.63) is 108 Å². The van der Waals surface area contributed by atoms with E-state index in [0.29, 0.717) is 39.9 Å². The first-order valence-corrected chi connectivity index (χ1v) is 14.5. The van der Waals surface area contributed by atoms with Crippen LogP contribution in [0.4, 0.5) is 11.4 Å². The number of carbonyl (C=O) groups is 4. The van der Waals surface area contributed by atoms with E-state index >= 15 is 0 Å². The van der Waals surface area contributed by atoms with Gasteiger partial charge in [0.05, 0.1) is 24.2 Å². The Morgan fingerprint density at radius 3 is 1.33 bits per heavy atom. The van der Waals surface area contributed by atoms with Crippen molar-refractivity contribution in [3.63, 3.8) is 0 Å². The van der Waals surface area contributed by atoms with Crippen LogP contribution in [0.3, 0.4) is 0 Å². The SMILES string of the molecule is O=C1CC(n2nc3ccc(Cc4ccc5nn(C6CC(=O)N(c7ccccc7)C6=O)nc5c4)cc3n2)C(=O)N1c1ccccc1. The summed E-state index contributed by atoms with van der Waals surface area (Å²) in [6, 6.07) is 27.5. The van der Waals surface area contributed by atoms with Gasteiger partial charge >= 0.3 is 0 Å². The lowest BCUT2D eigenvalue weighted by atomic mass is 10.0. The van der Waals surface area contributed by atoms with Gasteiger partial charge in [-0.3, -0.25) is 19.2 Å². The maximum absolute atomic E-state index is 13.2. The van der Waals surface area contributed by atoms with Crippen LogP contribution in [0.25, 0.3) is 22.1 Å². The molecule has 220 valence electrons. The molecule has 0 N–H and O–H groups in total. The van der Waals surface area contributed by atoms with Gasteiger partial charge in [0.2, 0.25) is 11.8 Å². The molecule has 2 saturated heterocycles. The fourth-order valence-electron chi connectivity index (χ4n) is 5.98. The number of amides is 4. The second-order valence-electron chi connectivity index (χ2n) is 11.1. The molecule has 2 aliphatic heterocycles. The molecule has 0 bridgehead atoms. The van der Waals surface area contributed by atoms with Gasteiger partial charge in [0.25, 0.3) is 11.8 Å². The average molecular weight is 597 g/mol. The summed E-state index contributed by atoms with van der Waals surface area (Å²) >= 11 is 0. The van der Waals surface area contributed by atoms with Gasteiger partial charge in [0, 0.05) is 0 Å². The molecule has 4 heterocycles. The number of hydrogen-bond donors (Lipinski definition) is 0. The smallest absolute Gasteiger partial charge is 0.261 e. The molecule has 2 fully saturated rings. The van der Waals surface area contributed by atoms with Gasteiger partial charge in [-0.25, -0.2) is 9.80 Å². The van der Waals surface area contributed by atoms with Crippen LogP contribution < -0.4 is 9.80 Å². The van der Waals surface area contributed by atoms with Gasteiger partial charge in [-0.15, -0.1) is 0 Å². The fourth-order valence-corrected chi connectivity index (χ4v) is 5.98. The molecule has 2 unspecified atom stereocenters. The largest absolute Gasteiger partial charge is 0.274 e. The molecular weight excluding hydrogens is 572 g/mol. The van der Waals surface area contributed by atoms with E-state index < -0.39 is 12.1 Å². The highest BCUT2D eigenvalue weighted by atomic mass is 16.2. The van der Waals surface area contributed by atoms with Gasteiger partial charge in [-0.05, 0) is 66.1 Å². The van der Waals surface area contributed by atoms with Crippen LogP contribution >= 0.6 is 0 Å². The van der Waals surface area contributed by atoms with Crippen molar-refractivity contribution < 1.29 is 19.2 Å². The van der Waals surface area contributed by atoms with Crippen LogP contribution in [-0.4, -0.2) is 53.6 Å². The van der Waals surface area contributed by atoms with Crippen LogP contribution in [0.15, 0.2) is 97.1 Å². The third kappa shape index (κ3) is 4.54. The number of hydrogen-bond acceptors (Lipinski definition) is 8. The Bertz CT molecular complexity index is 2000. The van der Waals surface area contributed by atoms with Gasteiger partial charge in [-0.1, -0.05) is 48.5 Å². The quantitative estimate of drug-likeness (QED) is 0.265. The summed E-state index contributed by atoms with van der Waals surface area (Å²) in [7, 11) is 0. The third-order valence-corrected chi connectivity index (χ3v) is 8.16. The number of para-hydroxylation sites is 2. The van der Waals surface area contributed by atoms with Gasteiger partial charge in [-0.2, -0.15) is 30.0 Å². The maximum Gasteiger partial charge on any atom is 0.261 e. The van der Waals surface area contributed by atoms with Crippen LogP contribution in [0, 0.1) is 0 Å². The molecule has 4 amide bonds. The highest BCUT2D eigenvalue weighted by molar-refractivity contribution is 6.22. The molecule has 12 nitrogen and oxygen atoms in total. The van der Waals surface area contributed by atoms with Crippen molar-refractivity contribution in [1.82, 2.24) is 30.0 Å². The van der Waals surface area contributed by atoms with Gasteiger partial charge < -0.3 is 0 Å². The van der Waals surface area contributed by atoms with E-state index in [0.717, 1.165) is 11.1 Å². The van der Waals surface area contributed by atoms with Gasteiger partial charge in [0.1, 0.15) is 22.1 Å². The lowest BCUT2D eigenvalue weighted by Crippen LogP contribution is -2.31. The Morgan fingerprint density at radius 1 is 0.511 bits per heavy atom. The van der Waals surface area contributed by atoms with Crippen molar-refractivity contribution in [2.24, 2.45) is 0 Å². The molecule has 8 rings (SSSR count). The van der Waals surface area contributed by atoms with E-state index in [2.05, 4.69) is 20.4 Å². The Morgan fingerprint density at radius 2 is 0.911 bits per heavy atom. The summed E-state index contributed by atoms with van der Waals surface area (Å²) in [6.07, 6.45) is 0.553. The Balaban J connectivity index is 1.01. The molecule has 4 aromatic carbocycles. The van der Waals surface area contributed by atoms with Crippen molar-refractivity contribution in [2.45, 2.75) is 31.3 Å². The van der Waals surface area contributed by atoms with Crippen LogP contribution in [-0.2, 0) is 25.6 Å². The summed E-state index contributed by atoms with van der Waals surface area (Å²) in [4.78, 5) is 56.8. The molecule has 0 spiro atoms. The van der Waals surface area contributed by atoms with E-state index in [-0.39, 0.29) is 36.5 Å². The molecule has 6 aromatic rings. The molecule has 2 aromatic heterocycles. The van der Waals surface area contributed by atoms with Gasteiger partial charge in [0.15, 0.2) is 12.1 Å². The normalized spacial score (nSPS) is 18.7. The lowest BCUT2D eigenvalue weighted by Gasteiger charge is -2.14. The minimum atomic E-state index is -0.805. The van der Waals surface area contributed by atoms with Crippen LogP contribution in [0.1, 0.15) is 36.1 Å². The summed E-state index contributed by atoms with van der Waals surface area (Å²) in [5.41, 5.74) is 5.47. The van der Waals surface area contributed by atoms with Crippen molar-refractivity contribution >= 4 is 57.1 Å². The number of carbonyl (C=O) groups excluding carboxylic acids is 4. The highest BCUT2D eigenvalue weighted by Gasteiger charge is 2.43. The molecular formula is C33H24N8O4. The Hall–Kier alpha value is -6.04. The Kier molecular flexibility index (Phi) is 6.08. The highest BCUT2D eigenvalue weighted by Crippen LogP contribution is 2.31. The predicted octanol–water partition coefficient (Wildman–Crippen LogP) is 3.78. The maximum atomic E-state index is 13.2. The van der Waals surface area contributed by atoms with E-state index in [1.807, 2.05) is 48.5 Å². The summed E-state index contributed by atoms with van der Waals surface area (Å²) in [5.74, 6) is -1.29.